The summed E-state index contributed by atoms with van der Waals surface area (Å²) in [6.07, 6.45) is 1.50. The molecule has 34 heavy (non-hydrogen) atoms. The summed E-state index contributed by atoms with van der Waals surface area (Å²) in [4.78, 5) is 20.2. The van der Waals surface area contributed by atoms with Gasteiger partial charge in [-0.15, -0.1) is 12.4 Å². The van der Waals surface area contributed by atoms with Crippen molar-refractivity contribution in [1.29, 1.82) is 5.26 Å². The number of rotatable bonds is 4. The van der Waals surface area contributed by atoms with Crippen LogP contribution >= 0.6 is 12.4 Å². The van der Waals surface area contributed by atoms with Crippen LogP contribution in [0.3, 0.4) is 0 Å². The predicted octanol–water partition coefficient (Wildman–Crippen LogP) is 3.62. The first-order valence-electron chi connectivity index (χ1n) is 10.5. The first-order valence-corrected chi connectivity index (χ1v) is 10.5. The molecule has 1 aliphatic rings. The van der Waals surface area contributed by atoms with Gasteiger partial charge in [-0.1, -0.05) is 12.1 Å². The van der Waals surface area contributed by atoms with Gasteiger partial charge in [-0.05, 0) is 42.7 Å². The molecule has 0 amide bonds. The van der Waals surface area contributed by atoms with E-state index in [1.807, 2.05) is 4.90 Å². The molecule has 0 unspecified atom stereocenters. The number of aromatic nitrogens is 2. The van der Waals surface area contributed by atoms with E-state index in [9.17, 15) is 13.6 Å². The molecule has 0 bridgehead atoms. The molecule has 10 heteroatoms. The van der Waals surface area contributed by atoms with Crippen LogP contribution < -0.4 is 20.9 Å². The van der Waals surface area contributed by atoms with Crippen LogP contribution in [0.5, 0.6) is 5.75 Å². The summed E-state index contributed by atoms with van der Waals surface area (Å²) < 4.78 is 35.4. The monoisotopic (exact) mass is 487 g/mol. The second-order valence-corrected chi connectivity index (χ2v) is 7.98. The number of nitrogens with two attached hydrogens (primary N) is 1. The molecule has 7 nitrogen and oxygen atoms in total. The lowest BCUT2D eigenvalue weighted by Crippen LogP contribution is -2.42. The van der Waals surface area contributed by atoms with E-state index >= 15 is 0 Å². The molecule has 0 atom stereocenters. The fourth-order valence-electron chi connectivity index (χ4n) is 4.02. The van der Waals surface area contributed by atoms with Crippen LogP contribution in [0.2, 0.25) is 0 Å². The first-order chi connectivity index (χ1) is 15.8. The van der Waals surface area contributed by atoms with E-state index < -0.39 is 17.2 Å². The van der Waals surface area contributed by atoms with Crippen LogP contribution in [-0.4, -0.2) is 35.8 Å². The summed E-state index contributed by atoms with van der Waals surface area (Å²) in [6, 6.07) is 10.1. The van der Waals surface area contributed by atoms with Gasteiger partial charge >= 0.3 is 0 Å². The first kappa shape index (κ1) is 25.1. The highest BCUT2D eigenvalue weighted by molar-refractivity contribution is 5.85. The van der Waals surface area contributed by atoms with E-state index in [-0.39, 0.29) is 46.6 Å². The van der Waals surface area contributed by atoms with Crippen molar-refractivity contribution in [2.75, 3.05) is 25.1 Å². The number of anilines is 1. The molecule has 2 aromatic carbocycles. The van der Waals surface area contributed by atoms with Crippen LogP contribution in [0.15, 0.2) is 41.2 Å². The molecule has 1 aromatic heterocycles. The topological polar surface area (TPSA) is 97.2 Å². The maximum absolute atomic E-state index is 14.5. The van der Waals surface area contributed by atoms with E-state index in [4.69, 9.17) is 20.7 Å². The summed E-state index contributed by atoms with van der Waals surface area (Å²) in [7, 11) is 2.95. The smallest absolute Gasteiger partial charge is 0.263 e. The summed E-state index contributed by atoms with van der Waals surface area (Å²) in [5.41, 5.74) is 6.42. The zero-order chi connectivity index (χ0) is 23.7. The van der Waals surface area contributed by atoms with Crippen molar-refractivity contribution >= 4 is 18.4 Å². The number of ether oxygens (including phenoxy) is 1. The molecular weight excluding hydrogens is 464 g/mol. The molecular formula is C24H24ClF2N5O2. The number of hydrogen-bond donors (Lipinski definition) is 1. The Balaban J connectivity index is 0.00000324. The standard InChI is InChI=1S/C24H23F2N5O2.ClH/c1-30-23(32)21(14-5-6-20(33-2)19(26)11-14)22(15-3-4-16(13-27)18(25)12-15)29-24(30)31-9-7-17(28)8-10-31;/h3-6,11-12,17H,7-10,28H2,1-2H3;1H. The average Bonchev–Trinajstić information content (AvgIpc) is 2.81. The number of halogens is 3. The van der Waals surface area contributed by atoms with Gasteiger partial charge in [-0.2, -0.15) is 5.26 Å². The molecule has 1 aliphatic heterocycles. The lowest BCUT2D eigenvalue weighted by Gasteiger charge is -2.32. The Kier molecular flexibility index (Phi) is 7.54. The Labute approximate surface area is 201 Å². The molecule has 0 radical (unpaired) electrons. The Hall–Kier alpha value is -3.48. The molecule has 178 valence electrons. The zero-order valence-electron chi connectivity index (χ0n) is 18.7. The highest BCUT2D eigenvalue weighted by Gasteiger charge is 2.25. The van der Waals surface area contributed by atoms with Gasteiger partial charge in [0.2, 0.25) is 5.95 Å². The maximum Gasteiger partial charge on any atom is 0.263 e. The van der Waals surface area contributed by atoms with E-state index in [2.05, 4.69) is 0 Å². The molecule has 4 rings (SSSR count). The van der Waals surface area contributed by atoms with E-state index in [0.29, 0.717) is 24.6 Å². The molecule has 1 fully saturated rings. The SMILES string of the molecule is COc1ccc(-c2c(-c3ccc(C#N)c(F)c3)nc(N3CCC(N)CC3)n(C)c2=O)cc1F.Cl. The van der Waals surface area contributed by atoms with Crippen molar-refractivity contribution in [3.63, 3.8) is 0 Å². The lowest BCUT2D eigenvalue weighted by atomic mass is 9.99. The largest absolute Gasteiger partial charge is 0.494 e. The minimum Gasteiger partial charge on any atom is -0.494 e. The number of methoxy groups -OCH3 is 1. The van der Waals surface area contributed by atoms with Crippen molar-refractivity contribution in [3.8, 4) is 34.2 Å². The minimum absolute atomic E-state index is 0. The van der Waals surface area contributed by atoms with Gasteiger partial charge in [-0.3, -0.25) is 9.36 Å². The van der Waals surface area contributed by atoms with Gasteiger partial charge < -0.3 is 15.4 Å². The van der Waals surface area contributed by atoms with Crippen LogP contribution in [0.4, 0.5) is 14.7 Å². The third kappa shape index (κ3) is 4.60. The quantitative estimate of drug-likeness (QED) is 0.603. The fraction of sp³-hybridized carbons (Fsp3) is 0.292. The van der Waals surface area contributed by atoms with E-state index in [1.54, 1.807) is 19.2 Å². The lowest BCUT2D eigenvalue weighted by molar-refractivity contribution is 0.386. The molecule has 2 heterocycles. The Morgan fingerprint density at radius 3 is 2.35 bits per heavy atom. The summed E-state index contributed by atoms with van der Waals surface area (Å²) in [5.74, 6) is -0.905. The minimum atomic E-state index is -0.727. The number of nitriles is 1. The molecule has 0 aliphatic carbocycles. The Morgan fingerprint density at radius 2 is 1.76 bits per heavy atom. The van der Waals surface area contributed by atoms with Gasteiger partial charge in [0.15, 0.2) is 11.6 Å². The molecule has 1 saturated heterocycles. The number of hydrogen-bond acceptors (Lipinski definition) is 6. The molecule has 0 spiro atoms. The summed E-state index contributed by atoms with van der Waals surface area (Å²) in [6.45, 7) is 1.25. The van der Waals surface area contributed by atoms with Crippen molar-refractivity contribution in [1.82, 2.24) is 9.55 Å². The second-order valence-electron chi connectivity index (χ2n) is 7.98. The third-order valence-corrected chi connectivity index (χ3v) is 5.89. The van der Waals surface area contributed by atoms with Gasteiger partial charge in [-0.25, -0.2) is 13.8 Å². The van der Waals surface area contributed by atoms with Crippen LogP contribution in [-0.2, 0) is 7.05 Å². The predicted molar refractivity (Wildman–Crippen MR) is 128 cm³/mol. The van der Waals surface area contributed by atoms with Gasteiger partial charge in [0, 0.05) is 31.7 Å². The van der Waals surface area contributed by atoms with Crippen LogP contribution in [0.25, 0.3) is 22.4 Å². The number of nitrogens with zero attached hydrogens (tertiary/aromatic N) is 4. The number of benzene rings is 2. The summed E-state index contributed by atoms with van der Waals surface area (Å²) >= 11 is 0. The van der Waals surface area contributed by atoms with E-state index in [0.717, 1.165) is 12.8 Å². The fourth-order valence-corrected chi connectivity index (χ4v) is 4.02. The van der Waals surface area contributed by atoms with Gasteiger partial charge in [0.1, 0.15) is 11.9 Å². The normalized spacial score (nSPS) is 13.8. The highest BCUT2D eigenvalue weighted by atomic mass is 35.5. The van der Waals surface area contributed by atoms with Crippen molar-refractivity contribution in [2.24, 2.45) is 12.8 Å². The zero-order valence-corrected chi connectivity index (χ0v) is 19.5. The Bertz CT molecular complexity index is 1310. The van der Waals surface area contributed by atoms with Gasteiger partial charge in [0.05, 0.1) is 23.9 Å². The maximum atomic E-state index is 14.5. The average molecular weight is 488 g/mol. The van der Waals surface area contributed by atoms with Crippen LogP contribution in [0.1, 0.15) is 18.4 Å². The number of piperidine rings is 1. The van der Waals surface area contributed by atoms with Crippen LogP contribution in [0, 0.1) is 23.0 Å². The highest BCUT2D eigenvalue weighted by Crippen LogP contribution is 2.33. The third-order valence-electron chi connectivity index (χ3n) is 5.89. The Morgan fingerprint density at radius 1 is 1.12 bits per heavy atom. The van der Waals surface area contributed by atoms with Crippen molar-refractivity contribution < 1.29 is 13.5 Å². The molecule has 3 aromatic rings. The van der Waals surface area contributed by atoms with Crippen molar-refractivity contribution in [3.05, 3.63) is 63.9 Å². The van der Waals surface area contributed by atoms with Gasteiger partial charge in [0.25, 0.3) is 5.56 Å². The second kappa shape index (κ2) is 10.2. The summed E-state index contributed by atoms with van der Waals surface area (Å²) in [5, 5.41) is 9.08. The van der Waals surface area contributed by atoms with E-state index in [1.165, 1.54) is 42.0 Å². The molecule has 0 saturated carbocycles. The molecule has 2 N–H and O–H groups in total. The van der Waals surface area contributed by atoms with Crippen molar-refractivity contribution in [2.45, 2.75) is 18.9 Å².